The lowest BCUT2D eigenvalue weighted by Crippen LogP contribution is -2.31. The van der Waals surface area contributed by atoms with Crippen molar-refractivity contribution in [2.45, 2.75) is 32.6 Å². The van der Waals surface area contributed by atoms with Gasteiger partial charge in [-0.15, -0.1) is 0 Å². The molecule has 0 amide bonds. The molecule has 14 heavy (non-hydrogen) atoms. The molecule has 1 heterocycles. The van der Waals surface area contributed by atoms with Crippen molar-refractivity contribution in [1.82, 2.24) is 4.90 Å². The van der Waals surface area contributed by atoms with Gasteiger partial charge in [0.2, 0.25) is 0 Å². The number of likely N-dealkylation sites (tertiary alicyclic amines) is 1. The summed E-state index contributed by atoms with van der Waals surface area (Å²) in [5.74, 6) is 1.60. The average Bonchev–Trinajstić information content (AvgIpc) is 2.17. The molecule has 0 aliphatic carbocycles. The molecule has 0 atom stereocenters. The Kier molecular flexibility index (Phi) is 4.94. The molecule has 0 aromatic carbocycles. The zero-order valence-corrected chi connectivity index (χ0v) is 9.50. The van der Waals surface area contributed by atoms with E-state index in [0.717, 1.165) is 31.1 Å². The summed E-state index contributed by atoms with van der Waals surface area (Å²) in [6.45, 7) is 5.51. The van der Waals surface area contributed by atoms with Crippen LogP contribution in [0.5, 0.6) is 0 Å². The minimum atomic E-state index is 0.765. The van der Waals surface area contributed by atoms with Crippen molar-refractivity contribution in [1.29, 1.82) is 0 Å². The Morgan fingerprint density at radius 2 is 2.07 bits per heavy atom. The molecule has 1 saturated heterocycles. The van der Waals surface area contributed by atoms with Gasteiger partial charge < -0.3 is 10.6 Å². The van der Waals surface area contributed by atoms with E-state index in [1.165, 1.54) is 25.9 Å². The van der Waals surface area contributed by atoms with Crippen LogP contribution in [0, 0.1) is 5.92 Å². The Hall–Kier alpha value is -0.570. The average molecular weight is 197 g/mol. The Labute approximate surface area is 87.4 Å². The standard InChI is InChI=1S/C11H23N3/c1-3-4-11(12)13-9-10-5-7-14(2)8-6-10/h10H,3-9H2,1-2H3,(H2,12,13). The highest BCUT2D eigenvalue weighted by atomic mass is 15.1. The van der Waals surface area contributed by atoms with Crippen LogP contribution >= 0.6 is 0 Å². The molecule has 0 aromatic rings. The second-order valence-corrected chi connectivity index (χ2v) is 4.33. The van der Waals surface area contributed by atoms with Gasteiger partial charge in [0, 0.05) is 13.0 Å². The Balaban J connectivity index is 2.21. The number of piperidine rings is 1. The van der Waals surface area contributed by atoms with Crippen molar-refractivity contribution in [2.24, 2.45) is 16.6 Å². The second kappa shape index (κ2) is 6.02. The molecule has 0 bridgehead atoms. The maximum absolute atomic E-state index is 5.77. The molecule has 3 nitrogen and oxygen atoms in total. The van der Waals surface area contributed by atoms with Crippen LogP contribution in [-0.4, -0.2) is 37.4 Å². The van der Waals surface area contributed by atoms with E-state index < -0.39 is 0 Å². The minimum Gasteiger partial charge on any atom is -0.387 e. The first-order valence-electron chi connectivity index (χ1n) is 5.69. The first-order valence-corrected chi connectivity index (χ1v) is 5.69. The molecule has 0 aromatic heterocycles. The zero-order valence-electron chi connectivity index (χ0n) is 9.50. The maximum Gasteiger partial charge on any atom is 0.0937 e. The molecule has 1 rings (SSSR count). The third-order valence-corrected chi connectivity index (χ3v) is 2.90. The molecule has 1 fully saturated rings. The van der Waals surface area contributed by atoms with Crippen LogP contribution in [0.2, 0.25) is 0 Å². The van der Waals surface area contributed by atoms with Crippen LogP contribution in [0.4, 0.5) is 0 Å². The summed E-state index contributed by atoms with van der Waals surface area (Å²) in [6.07, 6.45) is 4.61. The van der Waals surface area contributed by atoms with Crippen molar-refractivity contribution in [3.05, 3.63) is 0 Å². The summed E-state index contributed by atoms with van der Waals surface area (Å²) in [6, 6.07) is 0. The number of hydrogen-bond donors (Lipinski definition) is 1. The van der Waals surface area contributed by atoms with Gasteiger partial charge in [0.05, 0.1) is 5.84 Å². The van der Waals surface area contributed by atoms with E-state index >= 15 is 0 Å². The van der Waals surface area contributed by atoms with E-state index in [2.05, 4.69) is 23.9 Å². The lowest BCUT2D eigenvalue weighted by Gasteiger charge is -2.27. The monoisotopic (exact) mass is 197 g/mol. The fraction of sp³-hybridized carbons (Fsp3) is 0.909. The largest absolute Gasteiger partial charge is 0.387 e. The van der Waals surface area contributed by atoms with Crippen LogP contribution in [0.1, 0.15) is 32.6 Å². The highest BCUT2D eigenvalue weighted by Gasteiger charge is 2.15. The van der Waals surface area contributed by atoms with E-state index in [4.69, 9.17) is 5.73 Å². The normalized spacial score (nSPS) is 21.4. The van der Waals surface area contributed by atoms with Crippen molar-refractivity contribution in [3.8, 4) is 0 Å². The second-order valence-electron chi connectivity index (χ2n) is 4.33. The van der Waals surface area contributed by atoms with Gasteiger partial charge in [-0.2, -0.15) is 0 Å². The van der Waals surface area contributed by atoms with Gasteiger partial charge in [-0.1, -0.05) is 6.92 Å². The Morgan fingerprint density at radius 3 is 2.64 bits per heavy atom. The number of hydrogen-bond acceptors (Lipinski definition) is 2. The summed E-state index contributed by atoms with van der Waals surface area (Å²) >= 11 is 0. The van der Waals surface area contributed by atoms with Gasteiger partial charge in [0.15, 0.2) is 0 Å². The molecule has 1 aliphatic rings. The van der Waals surface area contributed by atoms with E-state index in [9.17, 15) is 0 Å². The summed E-state index contributed by atoms with van der Waals surface area (Å²) in [7, 11) is 2.19. The number of amidine groups is 1. The Morgan fingerprint density at radius 1 is 1.43 bits per heavy atom. The van der Waals surface area contributed by atoms with E-state index in [1.807, 2.05) is 0 Å². The molecular weight excluding hydrogens is 174 g/mol. The number of aliphatic imine (C=N–C) groups is 1. The topological polar surface area (TPSA) is 41.6 Å². The molecule has 2 N–H and O–H groups in total. The van der Waals surface area contributed by atoms with Crippen molar-refractivity contribution >= 4 is 5.84 Å². The smallest absolute Gasteiger partial charge is 0.0937 e. The molecule has 0 radical (unpaired) electrons. The molecular formula is C11H23N3. The first kappa shape index (κ1) is 11.5. The minimum absolute atomic E-state index is 0.765. The zero-order chi connectivity index (χ0) is 10.4. The highest BCUT2D eigenvalue weighted by Crippen LogP contribution is 2.15. The van der Waals surface area contributed by atoms with E-state index in [0.29, 0.717) is 0 Å². The summed E-state index contributed by atoms with van der Waals surface area (Å²) in [4.78, 5) is 6.82. The van der Waals surface area contributed by atoms with Crippen LogP contribution in [0.15, 0.2) is 4.99 Å². The Bertz CT molecular complexity index is 181. The van der Waals surface area contributed by atoms with Crippen molar-refractivity contribution in [3.63, 3.8) is 0 Å². The van der Waals surface area contributed by atoms with Crippen molar-refractivity contribution < 1.29 is 0 Å². The third kappa shape index (κ3) is 4.09. The van der Waals surface area contributed by atoms with Gasteiger partial charge in [-0.25, -0.2) is 0 Å². The lowest BCUT2D eigenvalue weighted by atomic mass is 9.97. The maximum atomic E-state index is 5.77. The fourth-order valence-electron chi connectivity index (χ4n) is 1.83. The van der Waals surface area contributed by atoms with Gasteiger partial charge >= 0.3 is 0 Å². The quantitative estimate of drug-likeness (QED) is 0.548. The van der Waals surface area contributed by atoms with Crippen LogP contribution in [0.3, 0.4) is 0 Å². The summed E-state index contributed by atoms with van der Waals surface area (Å²) < 4.78 is 0. The van der Waals surface area contributed by atoms with Crippen molar-refractivity contribution in [2.75, 3.05) is 26.7 Å². The van der Waals surface area contributed by atoms with Gasteiger partial charge in [-0.05, 0) is 45.3 Å². The van der Waals surface area contributed by atoms with Gasteiger partial charge in [-0.3, -0.25) is 4.99 Å². The van der Waals surface area contributed by atoms with E-state index in [-0.39, 0.29) is 0 Å². The highest BCUT2D eigenvalue weighted by molar-refractivity contribution is 5.80. The third-order valence-electron chi connectivity index (χ3n) is 2.90. The molecule has 82 valence electrons. The molecule has 0 spiro atoms. The summed E-state index contributed by atoms with van der Waals surface area (Å²) in [5.41, 5.74) is 5.77. The summed E-state index contributed by atoms with van der Waals surface area (Å²) in [5, 5.41) is 0. The SMILES string of the molecule is CCCC(N)=NCC1CCN(C)CC1. The molecule has 0 unspecified atom stereocenters. The number of nitrogens with two attached hydrogens (primary N) is 1. The van der Waals surface area contributed by atoms with E-state index in [1.54, 1.807) is 0 Å². The lowest BCUT2D eigenvalue weighted by molar-refractivity contribution is 0.223. The number of nitrogens with zero attached hydrogens (tertiary/aromatic N) is 2. The molecule has 3 heteroatoms. The molecule has 1 aliphatic heterocycles. The van der Waals surface area contributed by atoms with Crippen LogP contribution < -0.4 is 5.73 Å². The molecule has 0 saturated carbocycles. The predicted octanol–water partition coefficient (Wildman–Crippen LogP) is 1.49. The number of rotatable bonds is 4. The first-order chi connectivity index (χ1) is 6.72. The fourth-order valence-corrected chi connectivity index (χ4v) is 1.83. The van der Waals surface area contributed by atoms with Gasteiger partial charge in [0.25, 0.3) is 0 Å². The van der Waals surface area contributed by atoms with Crippen LogP contribution in [0.25, 0.3) is 0 Å². The van der Waals surface area contributed by atoms with Gasteiger partial charge in [0.1, 0.15) is 0 Å². The predicted molar refractivity (Wildman–Crippen MR) is 61.6 cm³/mol. The van der Waals surface area contributed by atoms with Crippen LogP contribution in [-0.2, 0) is 0 Å².